The molecule has 1 aliphatic heterocycles. The fourth-order valence-electron chi connectivity index (χ4n) is 5.96. The Morgan fingerprint density at radius 3 is 2.50 bits per heavy atom. The second-order valence-corrected chi connectivity index (χ2v) is 10.8. The maximum absolute atomic E-state index is 14.2. The minimum absolute atomic E-state index is 0.170. The summed E-state index contributed by atoms with van der Waals surface area (Å²) in [6, 6.07) is 2.77. The lowest BCUT2D eigenvalue weighted by atomic mass is 9.81. The second kappa shape index (κ2) is 9.62. The van der Waals surface area contributed by atoms with Gasteiger partial charge in [-0.25, -0.2) is 4.39 Å². The number of ether oxygens (including phenoxy) is 1. The van der Waals surface area contributed by atoms with Crippen molar-refractivity contribution in [2.75, 3.05) is 13.7 Å². The van der Waals surface area contributed by atoms with E-state index < -0.39 is 23.1 Å². The largest absolute Gasteiger partial charge is 0.417 e. The Hall–Kier alpha value is -3.02. The molecule has 206 valence electrons. The van der Waals surface area contributed by atoms with Crippen molar-refractivity contribution in [3.05, 3.63) is 35.5 Å². The number of pyridine rings is 1. The number of aromatic amines is 1. The topological polar surface area (TPSA) is 100 Å². The van der Waals surface area contributed by atoms with Crippen molar-refractivity contribution in [3.63, 3.8) is 0 Å². The summed E-state index contributed by atoms with van der Waals surface area (Å²) in [6.07, 6.45) is -0.835. The first-order valence-corrected chi connectivity index (χ1v) is 12.9. The highest BCUT2D eigenvalue weighted by Gasteiger charge is 2.57. The first-order chi connectivity index (χ1) is 18.0. The quantitative estimate of drug-likeness (QED) is 0.554. The summed E-state index contributed by atoms with van der Waals surface area (Å²) >= 11 is 0. The van der Waals surface area contributed by atoms with Gasteiger partial charge in [-0.05, 0) is 70.4 Å². The van der Waals surface area contributed by atoms with Crippen molar-refractivity contribution in [2.24, 2.45) is 5.92 Å². The van der Waals surface area contributed by atoms with E-state index in [9.17, 15) is 27.2 Å². The summed E-state index contributed by atoms with van der Waals surface area (Å²) < 4.78 is 59.4. The Morgan fingerprint density at radius 1 is 1.16 bits per heavy atom. The predicted octanol–water partition coefficient (Wildman–Crippen LogP) is 4.31. The Labute approximate surface area is 217 Å². The monoisotopic (exact) mass is 537 g/mol. The van der Waals surface area contributed by atoms with Crippen LogP contribution in [0.5, 0.6) is 0 Å². The van der Waals surface area contributed by atoms with E-state index in [1.165, 1.54) is 6.07 Å². The van der Waals surface area contributed by atoms with Crippen LogP contribution in [0.3, 0.4) is 0 Å². The molecule has 1 spiro atoms. The maximum Gasteiger partial charge on any atom is 0.417 e. The number of alkyl halides is 3. The Balaban J connectivity index is 1.20. The van der Waals surface area contributed by atoms with E-state index in [0.29, 0.717) is 30.8 Å². The number of carbonyl (C=O) groups excluding carboxylic acids is 2. The smallest absolute Gasteiger partial charge is 0.369 e. The number of halogens is 4. The van der Waals surface area contributed by atoms with Gasteiger partial charge in [-0.3, -0.25) is 19.7 Å². The van der Waals surface area contributed by atoms with E-state index in [4.69, 9.17) is 4.74 Å². The molecule has 38 heavy (non-hydrogen) atoms. The SMILES string of the molecule is CO[C@]1(C(F)(F)F)CC[C@H](NC(=O)[C@@H]2CCN(C(=O)c3cc(-c4cc(C)ncc4F)[nH]n3)C3(CC3)C2)CC1. The number of nitrogens with one attached hydrogen (secondary N) is 2. The molecule has 0 unspecified atom stereocenters. The molecule has 8 nitrogen and oxygen atoms in total. The van der Waals surface area contributed by atoms with Crippen LogP contribution in [0.15, 0.2) is 18.3 Å². The number of hydrogen-bond donors (Lipinski definition) is 2. The van der Waals surface area contributed by atoms with Gasteiger partial charge in [0.2, 0.25) is 5.91 Å². The molecule has 3 aliphatic rings. The lowest BCUT2D eigenvalue weighted by molar-refractivity contribution is -0.280. The lowest BCUT2D eigenvalue weighted by Crippen LogP contribution is -2.54. The fourth-order valence-corrected chi connectivity index (χ4v) is 5.96. The summed E-state index contributed by atoms with van der Waals surface area (Å²) in [5.41, 5.74) is -1.11. The van der Waals surface area contributed by atoms with Gasteiger partial charge in [-0.1, -0.05) is 0 Å². The molecule has 1 saturated heterocycles. The van der Waals surface area contributed by atoms with E-state index >= 15 is 0 Å². The van der Waals surface area contributed by atoms with E-state index in [2.05, 4.69) is 20.5 Å². The third-order valence-corrected chi connectivity index (χ3v) is 8.47. The van der Waals surface area contributed by atoms with Crippen molar-refractivity contribution in [1.29, 1.82) is 0 Å². The molecule has 2 N–H and O–H groups in total. The Bertz CT molecular complexity index is 1220. The molecule has 12 heteroatoms. The number of aromatic nitrogens is 3. The number of hydrogen-bond acceptors (Lipinski definition) is 5. The highest BCUT2D eigenvalue weighted by molar-refractivity contribution is 5.94. The van der Waals surface area contributed by atoms with Gasteiger partial charge in [0.05, 0.1) is 11.9 Å². The number of piperidine rings is 1. The van der Waals surface area contributed by atoms with E-state index in [1.54, 1.807) is 17.9 Å². The zero-order chi connectivity index (χ0) is 27.3. The summed E-state index contributed by atoms with van der Waals surface area (Å²) in [5.74, 6) is -1.28. The van der Waals surface area contributed by atoms with Gasteiger partial charge in [0.25, 0.3) is 5.91 Å². The molecule has 3 fully saturated rings. The van der Waals surface area contributed by atoms with Crippen molar-refractivity contribution in [1.82, 2.24) is 25.4 Å². The minimum atomic E-state index is -4.45. The van der Waals surface area contributed by atoms with Crippen molar-refractivity contribution in [3.8, 4) is 11.3 Å². The molecule has 2 amide bonds. The summed E-state index contributed by atoms with van der Waals surface area (Å²) in [5, 5.41) is 9.82. The Kier molecular flexibility index (Phi) is 6.73. The van der Waals surface area contributed by atoms with Crippen molar-refractivity contribution >= 4 is 11.8 Å². The first kappa shape index (κ1) is 26.6. The predicted molar refractivity (Wildman–Crippen MR) is 128 cm³/mol. The van der Waals surface area contributed by atoms with Crippen LogP contribution in [0.25, 0.3) is 11.3 Å². The number of H-pyrrole nitrogens is 1. The van der Waals surface area contributed by atoms with E-state index in [0.717, 1.165) is 26.1 Å². The number of likely N-dealkylation sites (tertiary alicyclic amines) is 1. The van der Waals surface area contributed by atoms with Crippen LogP contribution in [-0.4, -0.2) is 68.9 Å². The van der Waals surface area contributed by atoms with Crippen LogP contribution in [-0.2, 0) is 9.53 Å². The molecule has 2 aliphatic carbocycles. The summed E-state index contributed by atoms with van der Waals surface area (Å²) in [7, 11) is 1.08. The zero-order valence-corrected chi connectivity index (χ0v) is 21.3. The van der Waals surface area contributed by atoms with Gasteiger partial charge in [-0.2, -0.15) is 18.3 Å². The normalized spacial score (nSPS) is 26.8. The first-order valence-electron chi connectivity index (χ1n) is 12.9. The van der Waals surface area contributed by atoms with E-state index in [1.807, 2.05) is 0 Å². The average Bonchev–Trinajstić information content (AvgIpc) is 3.46. The van der Waals surface area contributed by atoms with Crippen LogP contribution in [0.4, 0.5) is 17.6 Å². The number of methoxy groups -OCH3 is 1. The molecule has 0 aromatic carbocycles. The standard InChI is InChI=1S/C26H31F4N5O3/c1-15-11-18(19(27)14-31-15)20-12-21(34-33-20)23(37)35-10-5-16(13-24(35)8-9-24)22(36)32-17-3-6-25(38-2,7-4-17)26(28,29)30/h11-12,14,16-17H,3-10,13H2,1-2H3,(H,32,36)(H,33,34)/t16-,17-,25+/m1/s1. The van der Waals surface area contributed by atoms with Gasteiger partial charge in [0.15, 0.2) is 17.1 Å². The molecule has 3 heterocycles. The van der Waals surface area contributed by atoms with Crippen LogP contribution in [0.1, 0.15) is 67.5 Å². The van der Waals surface area contributed by atoms with Crippen molar-refractivity contribution in [2.45, 2.75) is 81.6 Å². The Morgan fingerprint density at radius 2 is 1.87 bits per heavy atom. The van der Waals surface area contributed by atoms with Gasteiger partial charge in [0.1, 0.15) is 0 Å². The number of rotatable bonds is 5. The van der Waals surface area contributed by atoms with Crippen molar-refractivity contribution < 1.29 is 31.9 Å². The molecule has 0 radical (unpaired) electrons. The molecular weight excluding hydrogens is 506 g/mol. The van der Waals surface area contributed by atoms with E-state index in [-0.39, 0.29) is 60.7 Å². The van der Waals surface area contributed by atoms with Crippen LogP contribution >= 0.6 is 0 Å². The highest BCUT2D eigenvalue weighted by Crippen LogP contribution is 2.51. The zero-order valence-electron chi connectivity index (χ0n) is 21.3. The molecule has 1 atom stereocenters. The summed E-state index contributed by atoms with van der Waals surface area (Å²) in [4.78, 5) is 32.1. The molecule has 2 aromatic heterocycles. The number of aryl methyl sites for hydroxylation is 1. The van der Waals surface area contributed by atoms with Crippen LogP contribution < -0.4 is 5.32 Å². The lowest BCUT2D eigenvalue weighted by Gasteiger charge is -2.42. The molecule has 5 rings (SSSR count). The highest BCUT2D eigenvalue weighted by atomic mass is 19.4. The minimum Gasteiger partial charge on any atom is -0.369 e. The number of carbonyl (C=O) groups is 2. The van der Waals surface area contributed by atoms with Gasteiger partial charge in [0, 0.05) is 42.4 Å². The molecule has 2 saturated carbocycles. The molecular formula is C26H31F4N5O3. The van der Waals surface area contributed by atoms with Gasteiger partial charge in [-0.15, -0.1) is 0 Å². The van der Waals surface area contributed by atoms with Crippen LogP contribution in [0.2, 0.25) is 0 Å². The second-order valence-electron chi connectivity index (χ2n) is 10.8. The third kappa shape index (κ3) is 4.78. The van der Waals surface area contributed by atoms with Gasteiger partial charge < -0.3 is 15.0 Å². The average molecular weight is 538 g/mol. The number of amides is 2. The fraction of sp³-hybridized carbons (Fsp3) is 0.615. The molecule has 2 aromatic rings. The molecule has 0 bridgehead atoms. The van der Waals surface area contributed by atoms with Crippen LogP contribution in [0, 0.1) is 18.7 Å². The van der Waals surface area contributed by atoms with Gasteiger partial charge >= 0.3 is 6.18 Å². The maximum atomic E-state index is 14.2. The summed E-state index contributed by atoms with van der Waals surface area (Å²) in [6.45, 7) is 2.11. The number of nitrogens with zero attached hydrogens (tertiary/aromatic N) is 3. The third-order valence-electron chi connectivity index (χ3n) is 8.47.